The summed E-state index contributed by atoms with van der Waals surface area (Å²) in [6.07, 6.45) is -3.32. The second kappa shape index (κ2) is 6.10. The molecule has 0 fully saturated rings. The van der Waals surface area contributed by atoms with Crippen molar-refractivity contribution < 1.29 is 17.9 Å². The van der Waals surface area contributed by atoms with Crippen LogP contribution in [0.1, 0.15) is 0 Å². The Morgan fingerprint density at radius 3 is 2.48 bits per heavy atom. The van der Waals surface area contributed by atoms with Gasteiger partial charge < -0.3 is 15.8 Å². The summed E-state index contributed by atoms with van der Waals surface area (Å²) in [6, 6.07) is 5.78. The summed E-state index contributed by atoms with van der Waals surface area (Å²) < 4.78 is 42.3. The SMILES string of the molecule is Nc1cc(Br)cnc1Nc1ccc(Br)cc1OC(F)(F)F. The standard InChI is InChI=1S/C12H8Br2F3N3O/c13-6-1-2-9(10(4-6)21-12(15,16)17)20-11-8(18)3-7(14)5-19-11/h1-5H,18H2,(H,19,20). The minimum Gasteiger partial charge on any atom is -0.404 e. The van der Waals surface area contributed by atoms with Crippen LogP contribution < -0.4 is 15.8 Å². The lowest BCUT2D eigenvalue weighted by atomic mass is 10.3. The van der Waals surface area contributed by atoms with Gasteiger partial charge in [0.2, 0.25) is 0 Å². The molecule has 1 heterocycles. The first-order valence-electron chi connectivity index (χ1n) is 5.48. The smallest absolute Gasteiger partial charge is 0.404 e. The average molecular weight is 427 g/mol. The number of aromatic nitrogens is 1. The highest BCUT2D eigenvalue weighted by molar-refractivity contribution is 9.10. The van der Waals surface area contributed by atoms with Crippen LogP contribution in [0.15, 0.2) is 39.4 Å². The van der Waals surface area contributed by atoms with Crippen LogP contribution in [0.2, 0.25) is 0 Å². The van der Waals surface area contributed by atoms with E-state index in [1.54, 1.807) is 12.1 Å². The Balaban J connectivity index is 2.35. The van der Waals surface area contributed by atoms with E-state index in [0.29, 0.717) is 8.95 Å². The second-order valence-corrected chi connectivity index (χ2v) is 5.74. The molecular weight excluding hydrogens is 419 g/mol. The summed E-state index contributed by atoms with van der Waals surface area (Å²) in [4.78, 5) is 4.00. The van der Waals surface area contributed by atoms with Crippen molar-refractivity contribution in [2.24, 2.45) is 0 Å². The van der Waals surface area contributed by atoms with Crippen molar-refractivity contribution in [2.45, 2.75) is 6.36 Å². The molecule has 0 saturated carbocycles. The van der Waals surface area contributed by atoms with Gasteiger partial charge in [-0.3, -0.25) is 0 Å². The van der Waals surface area contributed by atoms with Gasteiger partial charge in [0.25, 0.3) is 0 Å². The maximum absolute atomic E-state index is 12.4. The predicted molar refractivity (Wildman–Crippen MR) is 80.5 cm³/mol. The van der Waals surface area contributed by atoms with Crippen LogP contribution in [0.4, 0.5) is 30.4 Å². The second-order valence-electron chi connectivity index (χ2n) is 3.90. The molecule has 4 nitrogen and oxygen atoms in total. The van der Waals surface area contributed by atoms with Crippen LogP contribution >= 0.6 is 31.9 Å². The summed E-state index contributed by atoms with van der Waals surface area (Å²) in [5, 5.41) is 2.72. The molecule has 0 bridgehead atoms. The number of nitrogens with two attached hydrogens (primary N) is 1. The van der Waals surface area contributed by atoms with Gasteiger partial charge in [-0.1, -0.05) is 15.9 Å². The quantitative estimate of drug-likeness (QED) is 0.737. The number of alkyl halides is 3. The number of ether oxygens (including phenoxy) is 1. The zero-order chi connectivity index (χ0) is 15.6. The van der Waals surface area contributed by atoms with Gasteiger partial charge in [0.1, 0.15) is 0 Å². The van der Waals surface area contributed by atoms with Crippen molar-refractivity contribution in [3.8, 4) is 5.75 Å². The average Bonchev–Trinajstić information content (AvgIpc) is 2.33. The molecule has 112 valence electrons. The summed E-state index contributed by atoms with van der Waals surface area (Å²) in [7, 11) is 0. The molecule has 0 unspecified atom stereocenters. The predicted octanol–water partition coefficient (Wildman–Crippen LogP) is 4.83. The number of halogens is 5. The van der Waals surface area contributed by atoms with Crippen molar-refractivity contribution in [1.82, 2.24) is 4.98 Å². The highest BCUT2D eigenvalue weighted by Gasteiger charge is 2.32. The summed E-state index contributed by atoms with van der Waals surface area (Å²) in [5.74, 6) is -0.159. The minimum atomic E-state index is -4.80. The van der Waals surface area contributed by atoms with Crippen LogP contribution in [0, 0.1) is 0 Å². The van der Waals surface area contributed by atoms with Crippen LogP contribution in [-0.2, 0) is 0 Å². The van der Waals surface area contributed by atoms with Gasteiger partial charge in [-0.25, -0.2) is 4.98 Å². The van der Waals surface area contributed by atoms with Crippen molar-refractivity contribution in [3.63, 3.8) is 0 Å². The largest absolute Gasteiger partial charge is 0.573 e. The third kappa shape index (κ3) is 4.50. The fourth-order valence-corrected chi connectivity index (χ4v) is 2.18. The minimum absolute atomic E-state index is 0.0945. The summed E-state index contributed by atoms with van der Waals surface area (Å²) in [5.41, 5.74) is 6.13. The van der Waals surface area contributed by atoms with Gasteiger partial charge in [-0.15, -0.1) is 13.2 Å². The van der Waals surface area contributed by atoms with Crippen molar-refractivity contribution in [3.05, 3.63) is 39.4 Å². The van der Waals surface area contributed by atoms with Crippen LogP contribution in [-0.4, -0.2) is 11.3 Å². The fourth-order valence-electron chi connectivity index (χ4n) is 1.50. The molecule has 0 saturated heterocycles. The highest BCUT2D eigenvalue weighted by Crippen LogP contribution is 2.35. The molecule has 0 aliphatic rings. The summed E-state index contributed by atoms with van der Waals surface area (Å²) in [6.45, 7) is 0. The Labute approximate surface area is 134 Å². The third-order valence-electron chi connectivity index (χ3n) is 2.31. The van der Waals surface area contributed by atoms with E-state index in [1.807, 2.05) is 0 Å². The lowest BCUT2D eigenvalue weighted by molar-refractivity contribution is -0.274. The number of nitrogen functional groups attached to an aromatic ring is 1. The Kier molecular flexibility index (Phi) is 4.62. The molecule has 1 aromatic heterocycles. The molecule has 21 heavy (non-hydrogen) atoms. The van der Waals surface area contributed by atoms with E-state index < -0.39 is 6.36 Å². The zero-order valence-electron chi connectivity index (χ0n) is 10.2. The molecule has 0 radical (unpaired) electrons. The van der Waals surface area contributed by atoms with Crippen LogP contribution in [0.3, 0.4) is 0 Å². The number of anilines is 3. The Hall–Kier alpha value is -1.48. The Morgan fingerprint density at radius 2 is 1.86 bits per heavy atom. The maximum Gasteiger partial charge on any atom is 0.573 e. The molecule has 2 aromatic rings. The molecular formula is C12H8Br2F3N3O. The van der Waals surface area contributed by atoms with E-state index in [2.05, 4.69) is 46.9 Å². The monoisotopic (exact) mass is 425 g/mol. The van der Waals surface area contributed by atoms with E-state index in [9.17, 15) is 13.2 Å². The van der Waals surface area contributed by atoms with Gasteiger partial charge in [0.15, 0.2) is 11.6 Å². The molecule has 1 aromatic carbocycles. The van der Waals surface area contributed by atoms with Crippen LogP contribution in [0.25, 0.3) is 0 Å². The molecule has 3 N–H and O–H groups in total. The fraction of sp³-hybridized carbons (Fsp3) is 0.0833. The topological polar surface area (TPSA) is 60.2 Å². The molecule has 9 heteroatoms. The molecule has 0 aliphatic carbocycles. The van der Waals surface area contributed by atoms with E-state index in [-0.39, 0.29) is 22.9 Å². The first-order valence-corrected chi connectivity index (χ1v) is 7.06. The first-order chi connectivity index (χ1) is 9.74. The van der Waals surface area contributed by atoms with Crippen molar-refractivity contribution in [2.75, 3.05) is 11.1 Å². The first kappa shape index (κ1) is 15.9. The summed E-state index contributed by atoms with van der Waals surface area (Å²) >= 11 is 6.29. The molecule has 0 atom stereocenters. The van der Waals surface area contributed by atoms with Gasteiger partial charge in [0.05, 0.1) is 11.4 Å². The molecule has 0 amide bonds. The van der Waals surface area contributed by atoms with Gasteiger partial charge >= 0.3 is 6.36 Å². The third-order valence-corrected chi connectivity index (χ3v) is 3.23. The maximum atomic E-state index is 12.4. The van der Waals surface area contributed by atoms with Crippen molar-refractivity contribution >= 4 is 49.1 Å². The zero-order valence-corrected chi connectivity index (χ0v) is 13.4. The number of nitrogens with one attached hydrogen (secondary N) is 1. The van der Waals surface area contributed by atoms with E-state index in [1.165, 1.54) is 18.3 Å². The lowest BCUT2D eigenvalue weighted by Crippen LogP contribution is -2.18. The Morgan fingerprint density at radius 1 is 1.14 bits per heavy atom. The van der Waals surface area contributed by atoms with Gasteiger partial charge in [-0.05, 0) is 40.2 Å². The molecule has 0 aliphatic heterocycles. The molecule has 2 rings (SSSR count). The van der Waals surface area contributed by atoms with E-state index >= 15 is 0 Å². The Bertz CT molecular complexity index is 665. The van der Waals surface area contributed by atoms with E-state index in [4.69, 9.17) is 5.73 Å². The highest BCUT2D eigenvalue weighted by atomic mass is 79.9. The van der Waals surface area contributed by atoms with Gasteiger partial charge in [0, 0.05) is 15.1 Å². The van der Waals surface area contributed by atoms with Crippen LogP contribution in [0.5, 0.6) is 5.75 Å². The number of nitrogens with zero attached hydrogens (tertiary/aromatic N) is 1. The number of hydrogen-bond donors (Lipinski definition) is 2. The van der Waals surface area contributed by atoms with Crippen molar-refractivity contribution in [1.29, 1.82) is 0 Å². The number of pyridine rings is 1. The van der Waals surface area contributed by atoms with Gasteiger partial charge in [-0.2, -0.15) is 0 Å². The van der Waals surface area contributed by atoms with E-state index in [0.717, 1.165) is 0 Å². The number of benzene rings is 1. The normalized spacial score (nSPS) is 11.3. The lowest BCUT2D eigenvalue weighted by Gasteiger charge is -2.15. The molecule has 0 spiro atoms. The number of rotatable bonds is 3. The number of hydrogen-bond acceptors (Lipinski definition) is 4.